The summed E-state index contributed by atoms with van der Waals surface area (Å²) >= 11 is 0. The second kappa shape index (κ2) is 20.1. The number of nitrogens with zero attached hydrogens (tertiary/aromatic N) is 9. The van der Waals surface area contributed by atoms with E-state index in [0.29, 0.717) is 65.9 Å². The number of piperidine rings is 1. The molecule has 4 aromatic carbocycles. The van der Waals surface area contributed by atoms with Crippen molar-refractivity contribution in [3.8, 4) is 0 Å². The number of hydrogen-bond donors (Lipinski definition) is 3. The number of fused-ring (bicyclic) bond motifs is 2. The zero-order valence-electron chi connectivity index (χ0n) is 42.4. The molecule has 2 aliphatic rings. The average Bonchev–Trinajstić information content (AvgIpc) is 4.08. The average molecular weight is 971 g/mol. The highest BCUT2D eigenvalue weighted by molar-refractivity contribution is 5.90. The molecule has 16 heteroatoms. The number of para-hydroxylation sites is 1. The minimum atomic E-state index is -0.391. The number of rotatable bonds is 15. The summed E-state index contributed by atoms with van der Waals surface area (Å²) in [6.07, 6.45) is 4.18. The van der Waals surface area contributed by atoms with Crippen LogP contribution in [0, 0.1) is 11.8 Å². The van der Waals surface area contributed by atoms with Crippen LogP contribution in [0.25, 0.3) is 22.1 Å². The van der Waals surface area contributed by atoms with Gasteiger partial charge < -0.3 is 16.0 Å². The van der Waals surface area contributed by atoms with Gasteiger partial charge in [0, 0.05) is 50.6 Å². The Morgan fingerprint density at radius 1 is 0.611 bits per heavy atom. The van der Waals surface area contributed by atoms with Gasteiger partial charge in [0.1, 0.15) is 22.4 Å². The van der Waals surface area contributed by atoms with Crippen molar-refractivity contribution in [2.45, 2.75) is 97.6 Å². The third-order valence-electron chi connectivity index (χ3n) is 14.5. The van der Waals surface area contributed by atoms with Gasteiger partial charge in [0.05, 0.1) is 13.1 Å². The molecule has 3 N–H and O–H groups in total. The molecule has 3 unspecified atom stereocenters. The van der Waals surface area contributed by atoms with Crippen molar-refractivity contribution >= 4 is 45.1 Å². The van der Waals surface area contributed by atoms with Crippen molar-refractivity contribution in [2.24, 2.45) is 25.9 Å². The zero-order chi connectivity index (χ0) is 50.4. The highest BCUT2D eigenvalue weighted by Crippen LogP contribution is 2.37. The third kappa shape index (κ3) is 9.48. The van der Waals surface area contributed by atoms with Crippen molar-refractivity contribution in [1.29, 1.82) is 0 Å². The monoisotopic (exact) mass is 971 g/mol. The summed E-state index contributed by atoms with van der Waals surface area (Å²) in [6, 6.07) is 35.9. The molecule has 0 saturated carbocycles. The van der Waals surface area contributed by atoms with Gasteiger partial charge in [-0.15, -0.1) is 0 Å². The number of aromatic nitrogens is 8. The second-order valence-corrected chi connectivity index (χ2v) is 20.8. The van der Waals surface area contributed by atoms with Crippen LogP contribution in [0.15, 0.2) is 122 Å². The second-order valence-electron chi connectivity index (χ2n) is 20.8. The fraction of sp³-hybridized carbons (Fsp3) is 0.393. The first kappa shape index (κ1) is 48.3. The van der Waals surface area contributed by atoms with E-state index in [1.807, 2.05) is 54.9 Å². The van der Waals surface area contributed by atoms with Crippen LogP contribution in [0.5, 0.6) is 0 Å². The Morgan fingerprint density at radius 3 is 1.67 bits per heavy atom. The summed E-state index contributed by atoms with van der Waals surface area (Å²) in [6.45, 7) is 11.8. The predicted octanol–water partition coefficient (Wildman–Crippen LogP) is 7.98. The van der Waals surface area contributed by atoms with E-state index in [1.165, 1.54) is 39.3 Å². The largest absolute Gasteiger partial charge is 0.340 e. The molecule has 0 bridgehead atoms. The Balaban J connectivity index is 0.914. The maximum atomic E-state index is 14.1. The van der Waals surface area contributed by atoms with E-state index in [-0.39, 0.29) is 40.7 Å². The molecule has 6 heterocycles. The van der Waals surface area contributed by atoms with Crippen LogP contribution < -0.4 is 38.4 Å². The van der Waals surface area contributed by atoms with Gasteiger partial charge in [-0.05, 0) is 116 Å². The molecule has 4 aromatic heterocycles. The Hall–Kier alpha value is -7.30. The fourth-order valence-electron chi connectivity index (χ4n) is 10.8. The van der Waals surface area contributed by atoms with E-state index >= 15 is 0 Å². The molecule has 0 spiro atoms. The van der Waals surface area contributed by atoms with Gasteiger partial charge in [0.25, 0.3) is 11.1 Å². The topological polar surface area (TPSA) is 163 Å². The van der Waals surface area contributed by atoms with Gasteiger partial charge >= 0.3 is 11.4 Å². The molecule has 0 radical (unpaired) electrons. The number of nitrogens with one attached hydrogen (secondary N) is 3. The van der Waals surface area contributed by atoms with Crippen LogP contribution in [-0.4, -0.2) is 62.9 Å². The predicted molar refractivity (Wildman–Crippen MR) is 286 cm³/mol. The van der Waals surface area contributed by atoms with E-state index in [9.17, 15) is 19.2 Å². The first-order chi connectivity index (χ1) is 34.7. The number of anilines is 4. The summed E-state index contributed by atoms with van der Waals surface area (Å²) < 4.78 is 9.25. The van der Waals surface area contributed by atoms with Crippen LogP contribution >= 0.6 is 0 Å². The SMILES string of the molecule is CC(C)Cn1c(=O)n(C)c(=O)c2c(Nc3ccccc3)n(Cc3ccc(C4CC(c5cccc(Nc6c7c(=O)n(C)c(=O)n(CC(C)C)c7nn6Cc6ccc(C7CCCN7C)cc6)c5)CCN4)cc3)nc21. The summed E-state index contributed by atoms with van der Waals surface area (Å²) in [5, 5.41) is 21.6. The van der Waals surface area contributed by atoms with Crippen LogP contribution in [0.4, 0.5) is 23.0 Å². The Labute approximate surface area is 418 Å². The molecule has 2 aliphatic heterocycles. The van der Waals surface area contributed by atoms with Gasteiger partial charge in [-0.25, -0.2) is 19.0 Å². The van der Waals surface area contributed by atoms with Crippen molar-refractivity contribution in [2.75, 3.05) is 30.8 Å². The number of likely N-dealkylation sites (tertiary alicyclic amines) is 1. The van der Waals surface area contributed by atoms with Crippen LogP contribution in [0.2, 0.25) is 0 Å². The van der Waals surface area contributed by atoms with Gasteiger partial charge in [0.2, 0.25) is 0 Å². The lowest BCUT2D eigenvalue weighted by Crippen LogP contribution is -2.38. The van der Waals surface area contributed by atoms with Crippen LogP contribution in [0.1, 0.15) is 99.2 Å². The Bertz CT molecular complexity index is 3510. The normalized spacial score (nSPS) is 17.5. The van der Waals surface area contributed by atoms with E-state index in [1.54, 1.807) is 20.9 Å². The first-order valence-corrected chi connectivity index (χ1v) is 25.4. The minimum absolute atomic E-state index is 0.108. The number of hydrogen-bond acceptors (Lipinski definition) is 10. The number of benzene rings is 4. The smallest absolute Gasteiger partial charge is 0.332 e. The van der Waals surface area contributed by atoms with Gasteiger partial charge in [0.15, 0.2) is 11.3 Å². The van der Waals surface area contributed by atoms with E-state index in [0.717, 1.165) is 54.9 Å². The van der Waals surface area contributed by atoms with E-state index < -0.39 is 5.56 Å². The molecule has 374 valence electrons. The highest BCUT2D eigenvalue weighted by atomic mass is 16.2. The standard InChI is InChI=1S/C56H66N12O4/c1-35(2)31-65-51-47(53(69)63(6)55(65)71)49(58-43-14-9-8-10-15-43)67(60-51)33-37-18-22-39(23-19-37)45-30-42(26-27-57-45)41-13-11-16-44(29-41)59-50-48-52(66(32-36(3)4)56(72)64(7)54(48)70)61-68(50)34-38-20-24-40(25-21-38)46-17-12-28-62(46)5/h8-11,13-16,18-25,29,35-36,42,45-46,57-59H,12,17,26-28,30-34H2,1-7H3. The maximum absolute atomic E-state index is 14.1. The Morgan fingerprint density at radius 2 is 1.14 bits per heavy atom. The van der Waals surface area contributed by atoms with Gasteiger partial charge in [-0.3, -0.25) is 32.8 Å². The summed E-state index contributed by atoms with van der Waals surface area (Å²) in [7, 11) is 5.25. The molecule has 72 heavy (non-hydrogen) atoms. The third-order valence-corrected chi connectivity index (χ3v) is 14.5. The molecule has 16 nitrogen and oxygen atoms in total. The van der Waals surface area contributed by atoms with Gasteiger partial charge in [-0.2, -0.15) is 10.2 Å². The van der Waals surface area contributed by atoms with E-state index in [2.05, 4.69) is 108 Å². The first-order valence-electron chi connectivity index (χ1n) is 25.4. The minimum Gasteiger partial charge on any atom is -0.340 e. The van der Waals surface area contributed by atoms with Crippen molar-refractivity contribution in [3.05, 3.63) is 173 Å². The molecule has 8 aromatic rings. The zero-order valence-corrected chi connectivity index (χ0v) is 42.4. The quantitative estimate of drug-likeness (QED) is 0.0919. The van der Waals surface area contributed by atoms with Crippen molar-refractivity contribution in [1.82, 2.24) is 48.0 Å². The fourth-order valence-corrected chi connectivity index (χ4v) is 10.8. The maximum Gasteiger partial charge on any atom is 0.332 e. The summed E-state index contributed by atoms with van der Waals surface area (Å²) in [5.74, 6) is 1.67. The lowest BCUT2D eigenvalue weighted by molar-refractivity contribution is 0.317. The Kier molecular flexibility index (Phi) is 13.5. The molecule has 3 atom stereocenters. The molecule has 10 rings (SSSR count). The molecular weight excluding hydrogens is 905 g/mol. The lowest BCUT2D eigenvalue weighted by Gasteiger charge is -2.31. The summed E-state index contributed by atoms with van der Waals surface area (Å²) in [4.78, 5) is 57.3. The van der Waals surface area contributed by atoms with Crippen LogP contribution in [0.3, 0.4) is 0 Å². The molecular formula is C56H66N12O4. The summed E-state index contributed by atoms with van der Waals surface area (Å²) in [5.41, 5.74) is 6.58. The lowest BCUT2D eigenvalue weighted by atomic mass is 9.84. The van der Waals surface area contributed by atoms with Crippen LogP contribution in [-0.2, 0) is 40.3 Å². The van der Waals surface area contributed by atoms with Crippen molar-refractivity contribution in [3.63, 3.8) is 0 Å². The van der Waals surface area contributed by atoms with Crippen molar-refractivity contribution < 1.29 is 0 Å². The van der Waals surface area contributed by atoms with E-state index in [4.69, 9.17) is 10.2 Å². The molecule has 0 amide bonds. The molecule has 2 saturated heterocycles. The molecule has 2 fully saturated rings. The molecule has 0 aliphatic carbocycles. The highest BCUT2D eigenvalue weighted by Gasteiger charge is 2.28. The van der Waals surface area contributed by atoms with Gasteiger partial charge in [-0.1, -0.05) is 107 Å².